The fourth-order valence-electron chi connectivity index (χ4n) is 11.9. The second-order valence-corrected chi connectivity index (χ2v) is 22.8. The number of aliphatic hydroxyl groups is 1. The van der Waals surface area contributed by atoms with Gasteiger partial charge in [0.25, 0.3) is 0 Å². The minimum Gasteiger partial charge on any atom is -0.462 e. The van der Waals surface area contributed by atoms with Gasteiger partial charge in [-0.3, -0.25) is 4.79 Å². The van der Waals surface area contributed by atoms with Crippen molar-refractivity contribution in [3.63, 3.8) is 0 Å². The summed E-state index contributed by atoms with van der Waals surface area (Å²) in [5, 5.41) is 18.0. The molecule has 4 amide bonds. The van der Waals surface area contributed by atoms with E-state index in [1.807, 2.05) is 42.5 Å². The van der Waals surface area contributed by atoms with Crippen molar-refractivity contribution in [3.05, 3.63) is 239 Å². The molecule has 11 rings (SSSR count). The second-order valence-electron chi connectivity index (χ2n) is 22.8. The number of ether oxygens (including phenoxy) is 2. The van der Waals surface area contributed by atoms with E-state index in [0.29, 0.717) is 99.2 Å². The molecule has 91 heavy (non-hydrogen) atoms. The van der Waals surface area contributed by atoms with Crippen molar-refractivity contribution < 1.29 is 47.3 Å². The molecule has 0 unspecified atom stereocenters. The van der Waals surface area contributed by atoms with Crippen molar-refractivity contribution in [1.82, 2.24) is 45.0 Å². The number of halogens is 2. The summed E-state index contributed by atoms with van der Waals surface area (Å²) in [4.78, 5) is 90.7. The van der Waals surface area contributed by atoms with Crippen LogP contribution in [0.5, 0.6) is 0 Å². The molecule has 21 heteroatoms. The molecule has 5 aromatic carbocycles. The number of carbonyl (C=O) groups is 5. The van der Waals surface area contributed by atoms with Crippen LogP contribution in [-0.2, 0) is 45.0 Å². The Morgan fingerprint density at radius 1 is 0.473 bits per heavy atom. The molecule has 0 atom stereocenters. The van der Waals surface area contributed by atoms with Crippen molar-refractivity contribution in [2.24, 2.45) is 0 Å². The first-order chi connectivity index (χ1) is 44.2. The Bertz CT molecular complexity index is 3670. The van der Waals surface area contributed by atoms with E-state index >= 15 is 0 Å². The molecule has 4 N–H and O–H groups in total. The predicted octanol–water partition coefficient (Wildman–Crippen LogP) is 10.7. The molecular formula is C70H75F2N11O8. The lowest BCUT2D eigenvalue weighted by molar-refractivity contribution is 0.0515. The zero-order chi connectivity index (χ0) is 64.1. The average Bonchev–Trinajstić information content (AvgIpc) is 1.01. The van der Waals surface area contributed by atoms with Crippen LogP contribution >= 0.6 is 0 Å². The minimum absolute atomic E-state index is 0.0535. The van der Waals surface area contributed by atoms with E-state index < -0.39 is 30.0 Å². The van der Waals surface area contributed by atoms with Gasteiger partial charge in [0.1, 0.15) is 35.7 Å². The van der Waals surface area contributed by atoms with Crippen LogP contribution in [0.25, 0.3) is 0 Å². The maximum Gasteiger partial charge on any atom is 0.341 e. The number of esters is 2. The third-order valence-electron chi connectivity index (χ3n) is 17.0. The summed E-state index contributed by atoms with van der Waals surface area (Å²) in [6, 6.07) is 42.1. The number of rotatable bonds is 17. The predicted molar refractivity (Wildman–Crippen MR) is 339 cm³/mol. The van der Waals surface area contributed by atoms with E-state index in [0.717, 1.165) is 56.6 Å². The number of amides is 4. The zero-order valence-corrected chi connectivity index (χ0v) is 51.1. The summed E-state index contributed by atoms with van der Waals surface area (Å²) in [6.07, 6.45) is 15.9. The number of hydrogen-bond donors (Lipinski definition) is 4. The van der Waals surface area contributed by atoms with E-state index in [1.54, 1.807) is 60.3 Å². The first kappa shape index (κ1) is 65.7. The summed E-state index contributed by atoms with van der Waals surface area (Å²) in [7, 11) is 0. The van der Waals surface area contributed by atoms with Crippen molar-refractivity contribution in [2.45, 2.75) is 87.9 Å². The highest BCUT2D eigenvalue weighted by Gasteiger charge is 2.41. The number of benzene rings is 5. The van der Waals surface area contributed by atoms with Gasteiger partial charge in [-0.25, -0.2) is 57.9 Å². The lowest BCUT2D eigenvalue weighted by Gasteiger charge is -2.42. The Labute approximate surface area is 528 Å². The molecule has 3 aromatic heterocycles. The van der Waals surface area contributed by atoms with Gasteiger partial charge in [-0.05, 0) is 119 Å². The van der Waals surface area contributed by atoms with Gasteiger partial charge in [0, 0.05) is 110 Å². The minimum atomic E-state index is -0.579. The number of aromatic nitrogens is 6. The molecule has 0 saturated carbocycles. The van der Waals surface area contributed by atoms with Crippen LogP contribution in [0, 0.1) is 11.6 Å². The number of nitrogens with zero attached hydrogens (tertiary/aromatic N) is 8. The largest absolute Gasteiger partial charge is 0.462 e. The lowest BCUT2D eigenvalue weighted by Crippen LogP contribution is -2.47. The highest BCUT2D eigenvalue weighted by atomic mass is 19.1. The van der Waals surface area contributed by atoms with Crippen LogP contribution in [-0.4, -0.2) is 134 Å². The van der Waals surface area contributed by atoms with Crippen LogP contribution in [0.3, 0.4) is 0 Å². The van der Waals surface area contributed by atoms with Gasteiger partial charge >= 0.3 is 24.0 Å². The van der Waals surface area contributed by atoms with Crippen LogP contribution < -0.4 is 16.0 Å². The summed E-state index contributed by atoms with van der Waals surface area (Å²) in [5.74, 6) is -0.0193. The first-order valence-electron chi connectivity index (χ1n) is 30.6. The van der Waals surface area contributed by atoms with Crippen LogP contribution in [0.1, 0.15) is 118 Å². The van der Waals surface area contributed by atoms with Gasteiger partial charge in [0.15, 0.2) is 5.78 Å². The Kier molecular flexibility index (Phi) is 22.8. The summed E-state index contributed by atoms with van der Waals surface area (Å²) in [6.45, 7) is 7.72. The van der Waals surface area contributed by atoms with E-state index in [2.05, 4.69) is 94.4 Å². The summed E-state index contributed by atoms with van der Waals surface area (Å²) in [5.41, 5.74) is 5.05. The van der Waals surface area contributed by atoms with Gasteiger partial charge in [0.2, 0.25) is 0 Å². The second kappa shape index (κ2) is 31.6. The highest BCUT2D eigenvalue weighted by molar-refractivity contribution is 5.96. The van der Waals surface area contributed by atoms with Crippen LogP contribution in [0.15, 0.2) is 177 Å². The van der Waals surface area contributed by atoms with Gasteiger partial charge in [-0.15, -0.1) is 0 Å². The Morgan fingerprint density at radius 3 is 1.12 bits per heavy atom. The lowest BCUT2D eigenvalue weighted by atomic mass is 9.70. The number of aliphatic hydroxyl groups excluding tert-OH is 1. The quantitative estimate of drug-likeness (QED) is 0.0489. The number of urea groups is 2. The van der Waals surface area contributed by atoms with Crippen molar-refractivity contribution in [3.8, 4) is 0 Å². The number of piperidine rings is 3. The monoisotopic (exact) mass is 1240 g/mol. The number of anilines is 2. The molecule has 0 spiro atoms. The molecule has 0 bridgehead atoms. The molecule has 0 radical (unpaired) electrons. The molecule has 0 aliphatic carbocycles. The maximum absolute atomic E-state index is 13.5. The van der Waals surface area contributed by atoms with Crippen molar-refractivity contribution >= 4 is 41.2 Å². The van der Waals surface area contributed by atoms with E-state index in [1.165, 1.54) is 60.2 Å². The molecule has 6 heterocycles. The Morgan fingerprint density at radius 2 is 0.802 bits per heavy atom. The molecule has 19 nitrogen and oxygen atoms in total. The standard InChI is InChI=1S/C26H27FN4O3.C25H25FN4O3.C19H23N3O2/c1-2-34-24(32)19-17-28-23(29-18-19)16-26(20-7-4-3-5-8-20)11-13-31(14-12-26)25(33)30-22-10-6-9-21(27)15-22;26-20-7-4-8-21(13-20)29-24(33)30-11-9-25(10-12-30,19-5-2-1-3-6-19)14-23-27-15-18(16-28-23)22(32)17-31;1-2-24-18(23)15-13-21-17(22-14-15)12-19(8-10-20-11-9-19)16-6-4-3-5-7-16/h3-10,15,17-18H,2,11-14,16H2,1H3,(H,30,33);1-8,13,15-16,31H,9-12,14,17H2,(H,29,33);3-7,13-14,20H,2,8-12H2,1H3. The Hall–Kier alpha value is -9.73. The third-order valence-corrected chi connectivity index (χ3v) is 17.0. The van der Waals surface area contributed by atoms with Gasteiger partial charge < -0.3 is 40.3 Å². The van der Waals surface area contributed by atoms with Crippen molar-refractivity contribution in [2.75, 3.05) is 69.7 Å². The SMILES string of the molecule is CCOC(=O)c1cnc(CC2(c3ccccc3)CCN(C(=O)Nc3cccc(F)c3)CC2)nc1.CCOC(=O)c1cnc(CC2(c3ccccc3)CCNCC2)nc1.O=C(CO)c1cnc(CC2(c3ccccc3)CCN(C(=O)Nc3cccc(F)c3)CC2)nc1. The van der Waals surface area contributed by atoms with E-state index in [4.69, 9.17) is 14.6 Å². The highest BCUT2D eigenvalue weighted by Crippen LogP contribution is 2.41. The fourth-order valence-corrected chi connectivity index (χ4v) is 11.9. The number of nitrogens with one attached hydrogen (secondary N) is 3. The van der Waals surface area contributed by atoms with Crippen LogP contribution in [0.4, 0.5) is 29.7 Å². The molecule has 472 valence electrons. The zero-order valence-electron chi connectivity index (χ0n) is 51.1. The summed E-state index contributed by atoms with van der Waals surface area (Å²) < 4.78 is 36.9. The van der Waals surface area contributed by atoms with E-state index in [9.17, 15) is 32.8 Å². The number of hydrogen-bond acceptors (Lipinski definition) is 15. The molecule has 3 fully saturated rings. The van der Waals surface area contributed by atoms with Gasteiger partial charge in [0.05, 0.1) is 29.9 Å². The molecule has 3 saturated heterocycles. The average molecular weight is 1240 g/mol. The summed E-state index contributed by atoms with van der Waals surface area (Å²) >= 11 is 0. The molecular weight excluding hydrogens is 1160 g/mol. The van der Waals surface area contributed by atoms with E-state index in [-0.39, 0.29) is 39.8 Å². The smallest absolute Gasteiger partial charge is 0.341 e. The number of likely N-dealkylation sites (tertiary alicyclic amines) is 2. The topological polar surface area (TPSA) is 244 Å². The maximum atomic E-state index is 13.5. The fraction of sp³-hybridized carbons (Fsp3) is 0.329. The number of ketones is 1. The van der Waals surface area contributed by atoms with Crippen molar-refractivity contribution in [1.29, 1.82) is 0 Å². The molecule has 3 aliphatic heterocycles. The molecule has 3 aliphatic rings. The number of carbonyl (C=O) groups excluding carboxylic acids is 5. The normalized spacial score (nSPS) is 15.4. The third kappa shape index (κ3) is 17.6. The van der Waals surface area contributed by atoms with Gasteiger partial charge in [-0.2, -0.15) is 0 Å². The van der Waals surface area contributed by atoms with Crippen LogP contribution in [0.2, 0.25) is 0 Å². The first-order valence-corrected chi connectivity index (χ1v) is 30.6. The Balaban J connectivity index is 0.000000164. The number of Topliss-reactive ketones (excluding diaryl/α,β-unsaturated/α-hetero) is 1. The van der Waals surface area contributed by atoms with Gasteiger partial charge in [-0.1, -0.05) is 103 Å². The molecule has 8 aromatic rings.